The van der Waals surface area contributed by atoms with Crippen LogP contribution in [0.15, 0.2) is 54.0 Å². The summed E-state index contributed by atoms with van der Waals surface area (Å²) in [7, 11) is -0.353. The second-order valence-electron chi connectivity index (χ2n) is 8.33. The highest BCUT2D eigenvalue weighted by Gasteiger charge is 2.53. The van der Waals surface area contributed by atoms with Crippen molar-refractivity contribution in [3.63, 3.8) is 0 Å². The summed E-state index contributed by atoms with van der Waals surface area (Å²) in [5.41, 5.74) is 5.99. The Morgan fingerprint density at radius 3 is 2.15 bits per heavy atom. The number of allylic oxidation sites excluding steroid dienone is 1. The van der Waals surface area contributed by atoms with Crippen LogP contribution in [0.25, 0.3) is 5.57 Å². The number of hydrogen-bond donors (Lipinski definition) is 0. The summed E-state index contributed by atoms with van der Waals surface area (Å²) < 4.78 is 12.8. The summed E-state index contributed by atoms with van der Waals surface area (Å²) in [6, 6.07) is 18.5. The molecule has 0 spiro atoms. The summed E-state index contributed by atoms with van der Waals surface area (Å²) in [6.45, 7) is 8.36. The molecule has 0 saturated carbocycles. The Labute approximate surface area is 161 Å². The lowest BCUT2D eigenvalue weighted by Crippen LogP contribution is -2.41. The highest BCUT2D eigenvalue weighted by atomic mass is 16.7. The summed E-state index contributed by atoms with van der Waals surface area (Å²) >= 11 is 0. The molecule has 2 aliphatic rings. The van der Waals surface area contributed by atoms with Gasteiger partial charge in [0.15, 0.2) is 0 Å². The van der Waals surface area contributed by atoms with Crippen LogP contribution in [0.2, 0.25) is 0 Å². The fourth-order valence-corrected chi connectivity index (χ4v) is 3.82. The van der Waals surface area contributed by atoms with Gasteiger partial charge in [-0.05, 0) is 80.4 Å². The number of fused-ring (bicyclic) bond motifs is 1. The summed E-state index contributed by atoms with van der Waals surface area (Å²) in [6.07, 6.45) is 1.89. The Hall–Kier alpha value is -2.35. The van der Waals surface area contributed by atoms with Crippen LogP contribution in [-0.2, 0) is 15.7 Å². The SMILES string of the molecule is CC1(C)OB(C2=C(c3ccc(C#N)cc3)c3ccccc3CC2)OC1(C)C. The quantitative estimate of drug-likeness (QED) is 0.715. The standard InChI is InChI=1S/C23H24BNO2/c1-22(2)23(3,4)27-24(26-22)20-14-13-17-7-5-6-8-19(17)21(20)18-11-9-16(15-25)10-12-18/h5-12H,13-14H2,1-4H3. The second-order valence-corrected chi connectivity index (χ2v) is 8.33. The van der Waals surface area contributed by atoms with Gasteiger partial charge in [0, 0.05) is 0 Å². The molecule has 2 aromatic rings. The van der Waals surface area contributed by atoms with Gasteiger partial charge in [-0.15, -0.1) is 0 Å². The number of hydrogen-bond acceptors (Lipinski definition) is 3. The molecule has 0 amide bonds. The van der Waals surface area contributed by atoms with Crippen molar-refractivity contribution in [1.29, 1.82) is 5.26 Å². The summed E-state index contributed by atoms with van der Waals surface area (Å²) in [5.74, 6) is 0. The van der Waals surface area contributed by atoms with Crippen molar-refractivity contribution in [1.82, 2.24) is 0 Å². The smallest absolute Gasteiger partial charge is 0.400 e. The van der Waals surface area contributed by atoms with Crippen molar-refractivity contribution in [3.8, 4) is 6.07 Å². The molecule has 0 atom stereocenters. The van der Waals surface area contributed by atoms with Crippen LogP contribution in [0.5, 0.6) is 0 Å². The van der Waals surface area contributed by atoms with E-state index in [1.54, 1.807) is 0 Å². The summed E-state index contributed by atoms with van der Waals surface area (Å²) in [4.78, 5) is 0. The van der Waals surface area contributed by atoms with Crippen molar-refractivity contribution in [2.45, 2.75) is 51.7 Å². The lowest BCUT2D eigenvalue weighted by Gasteiger charge is -2.32. The zero-order valence-electron chi connectivity index (χ0n) is 16.4. The molecular weight excluding hydrogens is 333 g/mol. The average Bonchev–Trinajstić information content (AvgIpc) is 2.88. The minimum Gasteiger partial charge on any atom is -0.400 e. The van der Waals surface area contributed by atoms with E-state index in [0.717, 1.165) is 18.4 Å². The van der Waals surface area contributed by atoms with Gasteiger partial charge < -0.3 is 9.31 Å². The molecule has 1 heterocycles. The molecule has 27 heavy (non-hydrogen) atoms. The van der Waals surface area contributed by atoms with Gasteiger partial charge in [0.1, 0.15) is 0 Å². The molecule has 136 valence electrons. The topological polar surface area (TPSA) is 42.2 Å². The largest absolute Gasteiger partial charge is 0.491 e. The second kappa shape index (κ2) is 6.37. The van der Waals surface area contributed by atoms with Crippen molar-refractivity contribution in [2.24, 2.45) is 0 Å². The lowest BCUT2D eigenvalue weighted by atomic mass is 9.66. The predicted octanol–water partition coefficient (Wildman–Crippen LogP) is 4.94. The maximum atomic E-state index is 9.13. The van der Waals surface area contributed by atoms with Crippen LogP contribution >= 0.6 is 0 Å². The molecule has 3 nitrogen and oxygen atoms in total. The van der Waals surface area contributed by atoms with Gasteiger partial charge in [-0.25, -0.2) is 0 Å². The molecule has 0 unspecified atom stereocenters. The number of rotatable bonds is 2. The minimum atomic E-state index is -0.364. The summed E-state index contributed by atoms with van der Waals surface area (Å²) in [5, 5.41) is 9.13. The van der Waals surface area contributed by atoms with Crippen LogP contribution in [0, 0.1) is 11.3 Å². The van der Waals surface area contributed by atoms with E-state index in [9.17, 15) is 0 Å². The van der Waals surface area contributed by atoms with Crippen molar-refractivity contribution in [2.75, 3.05) is 0 Å². The van der Waals surface area contributed by atoms with Crippen LogP contribution in [0.4, 0.5) is 0 Å². The molecule has 4 heteroatoms. The maximum absolute atomic E-state index is 9.13. The molecule has 1 saturated heterocycles. The molecule has 1 fully saturated rings. The van der Waals surface area contributed by atoms with Crippen molar-refractivity contribution >= 4 is 12.7 Å². The first-order valence-corrected chi connectivity index (χ1v) is 9.50. The highest BCUT2D eigenvalue weighted by Crippen LogP contribution is 2.44. The van der Waals surface area contributed by atoms with Gasteiger partial charge in [0.25, 0.3) is 0 Å². The average molecular weight is 357 g/mol. The Balaban J connectivity index is 1.87. The Morgan fingerprint density at radius 1 is 0.889 bits per heavy atom. The van der Waals surface area contributed by atoms with Crippen LogP contribution in [0.1, 0.15) is 56.4 Å². The van der Waals surface area contributed by atoms with Crippen molar-refractivity contribution in [3.05, 3.63) is 76.3 Å². The molecule has 0 aromatic heterocycles. The van der Waals surface area contributed by atoms with Gasteiger partial charge >= 0.3 is 7.12 Å². The fraction of sp³-hybridized carbons (Fsp3) is 0.348. The Morgan fingerprint density at radius 2 is 1.52 bits per heavy atom. The first-order chi connectivity index (χ1) is 12.8. The Kier molecular flexibility index (Phi) is 4.26. The van der Waals surface area contributed by atoms with Gasteiger partial charge in [0.2, 0.25) is 0 Å². The maximum Gasteiger partial charge on any atom is 0.491 e. The van der Waals surface area contributed by atoms with Crippen LogP contribution in [-0.4, -0.2) is 18.3 Å². The van der Waals surface area contributed by atoms with Crippen LogP contribution in [0.3, 0.4) is 0 Å². The first kappa shape index (κ1) is 18.0. The molecular formula is C23H24BNO2. The molecule has 1 aliphatic carbocycles. The fourth-order valence-electron chi connectivity index (χ4n) is 3.82. The van der Waals surface area contributed by atoms with Gasteiger partial charge in [-0.3, -0.25) is 0 Å². The van der Waals surface area contributed by atoms with Gasteiger partial charge in [0.05, 0.1) is 22.8 Å². The minimum absolute atomic E-state index is 0.353. The molecule has 0 radical (unpaired) electrons. The van der Waals surface area contributed by atoms with Gasteiger partial charge in [-0.2, -0.15) is 5.26 Å². The first-order valence-electron chi connectivity index (χ1n) is 9.50. The van der Waals surface area contributed by atoms with E-state index in [2.05, 4.69) is 58.0 Å². The third-order valence-corrected chi connectivity index (χ3v) is 6.11. The van der Waals surface area contributed by atoms with E-state index in [4.69, 9.17) is 14.6 Å². The Bertz CT molecular complexity index is 935. The van der Waals surface area contributed by atoms with Crippen LogP contribution < -0.4 is 0 Å². The number of aryl methyl sites for hydroxylation is 1. The number of benzene rings is 2. The zero-order chi connectivity index (χ0) is 19.2. The van der Waals surface area contributed by atoms with E-state index in [1.165, 1.54) is 22.2 Å². The normalized spacial score (nSPS) is 20.3. The van der Waals surface area contributed by atoms with E-state index >= 15 is 0 Å². The highest BCUT2D eigenvalue weighted by molar-refractivity contribution is 6.56. The molecule has 0 N–H and O–H groups in total. The number of nitrogens with zero attached hydrogens (tertiary/aromatic N) is 1. The third kappa shape index (κ3) is 3.02. The predicted molar refractivity (Wildman–Crippen MR) is 108 cm³/mol. The van der Waals surface area contributed by atoms with E-state index in [-0.39, 0.29) is 18.3 Å². The number of nitriles is 1. The van der Waals surface area contributed by atoms with Gasteiger partial charge in [-0.1, -0.05) is 36.4 Å². The van der Waals surface area contributed by atoms with Crippen molar-refractivity contribution < 1.29 is 9.31 Å². The van der Waals surface area contributed by atoms with E-state index in [0.29, 0.717) is 5.56 Å². The lowest BCUT2D eigenvalue weighted by molar-refractivity contribution is 0.00578. The molecule has 2 aromatic carbocycles. The zero-order valence-corrected chi connectivity index (χ0v) is 16.4. The molecule has 1 aliphatic heterocycles. The monoisotopic (exact) mass is 357 g/mol. The van der Waals surface area contributed by atoms with E-state index in [1.807, 2.05) is 24.3 Å². The molecule has 0 bridgehead atoms. The molecule has 4 rings (SSSR count). The third-order valence-electron chi connectivity index (χ3n) is 6.11. The van der Waals surface area contributed by atoms with E-state index < -0.39 is 0 Å².